The maximum absolute atomic E-state index is 13.3. The number of ether oxygens (including phenoxy) is 1. The van der Waals surface area contributed by atoms with Gasteiger partial charge in [-0.1, -0.05) is 33.1 Å². The summed E-state index contributed by atoms with van der Waals surface area (Å²) < 4.78 is 45.6. The largest absolute Gasteiger partial charge is 0.507 e. The molecule has 3 rings (SSSR count). The summed E-state index contributed by atoms with van der Waals surface area (Å²) in [6.07, 6.45) is 1.08. The fraction of sp³-hybridized carbons (Fsp3) is 0.542. The Balaban J connectivity index is 2.14. The third kappa shape index (κ3) is 5.78. The number of hydrogen-bond donors (Lipinski definition) is 3. The number of benzene rings is 1. The Morgan fingerprint density at radius 3 is 2.68 bits per heavy atom. The molecule has 0 fully saturated rings. The number of anilines is 1. The monoisotopic (exact) mass is 480 g/mol. The zero-order valence-corrected chi connectivity index (χ0v) is 19.5. The van der Waals surface area contributed by atoms with Crippen LogP contribution in [0.25, 0.3) is 11.3 Å². The Morgan fingerprint density at radius 2 is 2.03 bits per heavy atom. The number of carbonyl (C=O) groups is 1. The van der Waals surface area contributed by atoms with Gasteiger partial charge in [-0.3, -0.25) is 4.79 Å². The van der Waals surface area contributed by atoms with Crippen LogP contribution in [0.2, 0.25) is 0 Å². The van der Waals surface area contributed by atoms with Crippen molar-refractivity contribution in [2.24, 2.45) is 5.73 Å². The van der Waals surface area contributed by atoms with E-state index in [4.69, 9.17) is 10.5 Å². The number of primary amides is 1. The second kappa shape index (κ2) is 11.0. The molecule has 0 aliphatic carbocycles. The van der Waals surface area contributed by atoms with Crippen LogP contribution in [0.3, 0.4) is 0 Å². The van der Waals surface area contributed by atoms with Gasteiger partial charge in [-0.05, 0) is 48.9 Å². The van der Waals surface area contributed by atoms with Crippen molar-refractivity contribution < 1.29 is 27.8 Å². The lowest BCUT2D eigenvalue weighted by Crippen LogP contribution is -2.25. The molecule has 1 aromatic carbocycles. The number of halogens is 3. The summed E-state index contributed by atoms with van der Waals surface area (Å²) in [6, 6.07) is 1.65. The Kier molecular flexibility index (Phi) is 8.35. The highest BCUT2D eigenvalue weighted by atomic mass is 19.4. The molecule has 0 spiro atoms. The molecule has 0 bridgehead atoms. The summed E-state index contributed by atoms with van der Waals surface area (Å²) in [5.74, 6) is -1.07. The normalized spacial score (nSPS) is 14.9. The zero-order chi connectivity index (χ0) is 24.9. The van der Waals surface area contributed by atoms with E-state index in [-0.39, 0.29) is 47.5 Å². The fourth-order valence-electron chi connectivity index (χ4n) is 4.26. The average molecular weight is 481 g/mol. The van der Waals surface area contributed by atoms with Crippen molar-refractivity contribution >= 4 is 11.7 Å². The number of aromatic nitrogens is 2. The number of phenolic OH excluding ortho intramolecular Hbond substituents is 1. The molecule has 2 aromatic rings. The topological polar surface area (TPSA) is 110 Å². The molecule has 186 valence electrons. The number of phenols is 1. The predicted octanol–water partition coefficient (Wildman–Crippen LogP) is 5.20. The molecule has 2 heterocycles. The first-order valence-corrected chi connectivity index (χ1v) is 11.6. The lowest BCUT2D eigenvalue weighted by molar-refractivity contribution is -0.137. The lowest BCUT2D eigenvalue weighted by Gasteiger charge is -2.22. The number of carbonyl (C=O) groups excluding carboxylic acids is 1. The first-order valence-electron chi connectivity index (χ1n) is 11.6. The molecule has 4 N–H and O–H groups in total. The van der Waals surface area contributed by atoms with E-state index in [1.807, 2.05) is 6.92 Å². The fourth-order valence-corrected chi connectivity index (χ4v) is 4.26. The number of nitrogens with two attached hydrogens (primary N) is 1. The van der Waals surface area contributed by atoms with Crippen LogP contribution >= 0.6 is 0 Å². The number of hydrogen-bond acceptors (Lipinski definition) is 6. The van der Waals surface area contributed by atoms with Crippen molar-refractivity contribution in [3.05, 3.63) is 34.4 Å². The molecular formula is C24H31F3N4O3. The number of amides is 1. The molecule has 0 saturated carbocycles. The van der Waals surface area contributed by atoms with E-state index in [1.54, 1.807) is 0 Å². The van der Waals surface area contributed by atoms with E-state index in [2.05, 4.69) is 22.4 Å². The van der Waals surface area contributed by atoms with Crippen LogP contribution in [0.5, 0.6) is 5.75 Å². The van der Waals surface area contributed by atoms with Crippen molar-refractivity contribution in [1.82, 2.24) is 10.2 Å². The highest BCUT2D eigenvalue weighted by Crippen LogP contribution is 2.41. The molecule has 10 heteroatoms. The molecule has 1 atom stereocenters. The van der Waals surface area contributed by atoms with Crippen molar-refractivity contribution in [3.8, 4) is 17.0 Å². The van der Waals surface area contributed by atoms with Crippen molar-refractivity contribution in [2.45, 2.75) is 77.6 Å². The summed E-state index contributed by atoms with van der Waals surface area (Å²) in [4.78, 5) is 12.6. The van der Waals surface area contributed by atoms with Gasteiger partial charge in [0.1, 0.15) is 11.4 Å². The molecule has 0 radical (unpaired) electrons. The van der Waals surface area contributed by atoms with Crippen molar-refractivity contribution in [1.29, 1.82) is 0 Å². The number of rotatable bonds is 8. The zero-order valence-electron chi connectivity index (χ0n) is 19.5. The van der Waals surface area contributed by atoms with Crippen molar-refractivity contribution in [3.63, 3.8) is 0 Å². The van der Waals surface area contributed by atoms with Gasteiger partial charge in [-0.15, -0.1) is 10.2 Å². The maximum Gasteiger partial charge on any atom is 0.416 e. The molecule has 1 aliphatic rings. The van der Waals surface area contributed by atoms with Gasteiger partial charge in [0.15, 0.2) is 5.82 Å². The number of nitrogens with zero attached hydrogens (tertiary/aromatic N) is 2. The summed E-state index contributed by atoms with van der Waals surface area (Å²) in [5, 5.41) is 22.4. The van der Waals surface area contributed by atoms with E-state index in [9.17, 15) is 23.1 Å². The molecule has 0 unspecified atom stereocenters. The highest BCUT2D eigenvalue weighted by molar-refractivity contribution is 6.01. The molecular weight excluding hydrogens is 449 g/mol. The first kappa shape index (κ1) is 25.7. The Bertz CT molecular complexity index is 1030. The van der Waals surface area contributed by atoms with Gasteiger partial charge in [-0.2, -0.15) is 13.2 Å². The Labute approximate surface area is 196 Å². The average Bonchev–Trinajstić information content (AvgIpc) is 2.86. The smallest absolute Gasteiger partial charge is 0.416 e. The molecule has 0 saturated heterocycles. The molecule has 34 heavy (non-hydrogen) atoms. The third-order valence-corrected chi connectivity index (χ3v) is 6.05. The van der Waals surface area contributed by atoms with Crippen molar-refractivity contribution in [2.75, 3.05) is 11.9 Å². The minimum Gasteiger partial charge on any atom is -0.507 e. The third-order valence-electron chi connectivity index (χ3n) is 6.05. The van der Waals surface area contributed by atoms with Gasteiger partial charge in [0.25, 0.3) is 5.91 Å². The van der Waals surface area contributed by atoms with E-state index in [0.29, 0.717) is 24.5 Å². The number of aromatic hydroxyl groups is 1. The molecule has 1 aromatic heterocycles. The minimum atomic E-state index is -4.64. The van der Waals surface area contributed by atoms with Crippen LogP contribution in [-0.2, 0) is 23.9 Å². The van der Waals surface area contributed by atoms with Gasteiger partial charge in [-0.25, -0.2) is 0 Å². The SMILES string of the molecule is CCCCC[C@H](CC)Nc1nnc2c(c1C(N)=O)CCCOCc1cc(C(F)(F)F)cc(O)c1-2. The van der Waals surface area contributed by atoms with Crippen LogP contribution in [-0.4, -0.2) is 33.9 Å². The predicted molar refractivity (Wildman–Crippen MR) is 122 cm³/mol. The van der Waals surface area contributed by atoms with E-state index >= 15 is 0 Å². The number of unbranched alkanes of at least 4 members (excludes halogenated alkanes) is 2. The second-order valence-electron chi connectivity index (χ2n) is 8.54. The Morgan fingerprint density at radius 1 is 1.26 bits per heavy atom. The summed E-state index contributed by atoms with van der Waals surface area (Å²) in [7, 11) is 0. The van der Waals surface area contributed by atoms with Gasteiger partial charge in [0, 0.05) is 18.2 Å². The number of nitrogens with one attached hydrogen (secondary N) is 1. The van der Waals surface area contributed by atoms with Crippen LogP contribution in [0.4, 0.5) is 19.0 Å². The van der Waals surface area contributed by atoms with Gasteiger partial charge >= 0.3 is 6.18 Å². The van der Waals surface area contributed by atoms with E-state index < -0.39 is 23.4 Å². The van der Waals surface area contributed by atoms with E-state index in [1.165, 1.54) is 0 Å². The summed E-state index contributed by atoms with van der Waals surface area (Å²) in [5.41, 5.74) is 5.68. The minimum absolute atomic E-state index is 0.0618. The number of alkyl halides is 3. The molecule has 1 amide bonds. The quantitative estimate of drug-likeness (QED) is 0.448. The van der Waals surface area contributed by atoms with Gasteiger partial charge in [0.2, 0.25) is 0 Å². The summed E-state index contributed by atoms with van der Waals surface area (Å²) in [6.45, 7) is 4.27. The lowest BCUT2D eigenvalue weighted by atomic mass is 9.93. The number of fused-ring (bicyclic) bond motifs is 3. The van der Waals surface area contributed by atoms with Crippen LogP contribution in [0.15, 0.2) is 12.1 Å². The van der Waals surface area contributed by atoms with Crippen LogP contribution < -0.4 is 11.1 Å². The van der Waals surface area contributed by atoms with Gasteiger partial charge in [0.05, 0.1) is 17.7 Å². The molecule has 1 aliphatic heterocycles. The van der Waals surface area contributed by atoms with Crippen LogP contribution in [0.1, 0.15) is 79.4 Å². The maximum atomic E-state index is 13.3. The Hall–Kier alpha value is -2.88. The van der Waals surface area contributed by atoms with Crippen LogP contribution in [0, 0.1) is 0 Å². The van der Waals surface area contributed by atoms with Gasteiger partial charge < -0.3 is 20.9 Å². The summed E-state index contributed by atoms with van der Waals surface area (Å²) >= 11 is 0. The highest BCUT2D eigenvalue weighted by Gasteiger charge is 2.34. The van der Waals surface area contributed by atoms with E-state index in [0.717, 1.165) is 38.2 Å². The second-order valence-corrected chi connectivity index (χ2v) is 8.54. The standard InChI is InChI=1S/C24H31F3N4O3/c1-3-5-6-8-16(4-2)29-23-20(22(28)33)17-9-7-10-34-13-14-11-15(24(25,26)27)12-18(32)19(14)21(17)30-31-23/h11-12,16,32H,3-10,13H2,1-2H3,(H2,28,33)(H,29,31)/t16-/m0/s1. The first-order chi connectivity index (χ1) is 16.2. The molecule has 7 nitrogen and oxygen atoms in total.